The molecule has 0 aliphatic rings. The Morgan fingerprint density at radius 1 is 1.11 bits per heavy atom. The molecule has 1 aromatic carbocycles. The molecule has 0 amide bonds. The van der Waals surface area contributed by atoms with Crippen molar-refractivity contribution in [3.05, 3.63) is 35.9 Å². The first-order chi connectivity index (χ1) is 9.23. The average Bonchev–Trinajstić information content (AvgIpc) is 2.47. The first-order valence-corrected chi connectivity index (χ1v) is 6.64. The predicted octanol–water partition coefficient (Wildman–Crippen LogP) is 2.20. The van der Waals surface area contributed by atoms with Gasteiger partial charge in [0, 0.05) is 19.6 Å². The van der Waals surface area contributed by atoms with Crippen LogP contribution in [-0.4, -0.2) is 26.4 Å². The summed E-state index contributed by atoms with van der Waals surface area (Å²) in [5, 5.41) is 9.26. The van der Waals surface area contributed by atoms with Gasteiger partial charge in [0.05, 0.1) is 19.3 Å². The van der Waals surface area contributed by atoms with Crippen LogP contribution in [0.4, 0.5) is 0 Å². The van der Waals surface area contributed by atoms with Crippen molar-refractivity contribution in [2.24, 2.45) is 5.73 Å². The number of benzene rings is 1. The van der Waals surface area contributed by atoms with E-state index in [1.807, 2.05) is 30.3 Å². The number of ether oxygens (including phenoxy) is 2. The summed E-state index contributed by atoms with van der Waals surface area (Å²) < 4.78 is 10.7. The molecule has 0 aliphatic heterocycles. The van der Waals surface area contributed by atoms with Gasteiger partial charge in [-0.3, -0.25) is 0 Å². The van der Waals surface area contributed by atoms with E-state index in [0.717, 1.165) is 18.6 Å². The van der Waals surface area contributed by atoms with Crippen LogP contribution in [-0.2, 0) is 15.0 Å². The Bertz CT molecular complexity index is 389. The Kier molecular flexibility index (Phi) is 7.12. The molecule has 2 N–H and O–H groups in total. The molecule has 0 spiro atoms. The van der Waals surface area contributed by atoms with E-state index in [9.17, 15) is 5.26 Å². The van der Waals surface area contributed by atoms with Crippen LogP contribution in [0.15, 0.2) is 30.3 Å². The van der Waals surface area contributed by atoms with E-state index in [-0.39, 0.29) is 0 Å². The van der Waals surface area contributed by atoms with Gasteiger partial charge in [0.25, 0.3) is 0 Å². The highest BCUT2D eigenvalue weighted by Gasteiger charge is 2.26. The van der Waals surface area contributed by atoms with Crippen molar-refractivity contribution < 1.29 is 9.47 Å². The van der Waals surface area contributed by atoms with Crippen molar-refractivity contribution in [2.45, 2.75) is 25.3 Å². The largest absolute Gasteiger partial charge is 0.379 e. The Morgan fingerprint density at radius 3 is 2.32 bits per heavy atom. The van der Waals surface area contributed by atoms with E-state index in [1.165, 1.54) is 0 Å². The third-order valence-corrected chi connectivity index (χ3v) is 2.85. The van der Waals surface area contributed by atoms with Crippen LogP contribution in [0, 0.1) is 11.3 Å². The second-order valence-electron chi connectivity index (χ2n) is 4.42. The quantitative estimate of drug-likeness (QED) is 0.693. The summed E-state index contributed by atoms with van der Waals surface area (Å²) in [5.74, 6) is 0. The molecule has 0 saturated carbocycles. The second-order valence-corrected chi connectivity index (χ2v) is 4.42. The van der Waals surface area contributed by atoms with Gasteiger partial charge in [-0.25, -0.2) is 0 Å². The molecule has 19 heavy (non-hydrogen) atoms. The topological polar surface area (TPSA) is 68.3 Å². The van der Waals surface area contributed by atoms with E-state index in [4.69, 9.17) is 15.2 Å². The standard InChI is InChI=1S/C15H22N2O2/c1-2-9-18-11-12-19-10-8-15(17,13-16)14-6-4-3-5-7-14/h3-7H,2,8-12,17H2,1H3. The smallest absolute Gasteiger partial charge is 0.132 e. The van der Waals surface area contributed by atoms with Crippen LogP contribution in [0.3, 0.4) is 0 Å². The average molecular weight is 262 g/mol. The van der Waals surface area contributed by atoms with Crippen LogP contribution in [0.1, 0.15) is 25.3 Å². The summed E-state index contributed by atoms with van der Waals surface area (Å²) in [6, 6.07) is 11.6. The predicted molar refractivity (Wildman–Crippen MR) is 74.5 cm³/mol. The highest BCUT2D eigenvalue weighted by molar-refractivity contribution is 5.30. The molecule has 1 unspecified atom stereocenters. The van der Waals surface area contributed by atoms with Crippen molar-refractivity contribution in [3.8, 4) is 6.07 Å². The molecule has 1 atom stereocenters. The Balaban J connectivity index is 2.32. The highest BCUT2D eigenvalue weighted by atomic mass is 16.5. The molecule has 0 aliphatic carbocycles. The van der Waals surface area contributed by atoms with Crippen LogP contribution in [0.2, 0.25) is 0 Å². The molecule has 0 aromatic heterocycles. The van der Waals surface area contributed by atoms with Crippen molar-refractivity contribution in [1.82, 2.24) is 0 Å². The number of nitrogens with two attached hydrogens (primary N) is 1. The van der Waals surface area contributed by atoms with Gasteiger partial charge < -0.3 is 15.2 Å². The lowest BCUT2D eigenvalue weighted by molar-refractivity contribution is 0.0434. The fourth-order valence-corrected chi connectivity index (χ4v) is 1.70. The first-order valence-electron chi connectivity index (χ1n) is 6.64. The van der Waals surface area contributed by atoms with Crippen molar-refractivity contribution >= 4 is 0 Å². The van der Waals surface area contributed by atoms with Crippen LogP contribution >= 0.6 is 0 Å². The molecule has 0 bridgehead atoms. The summed E-state index contributed by atoms with van der Waals surface area (Å²) in [5.41, 5.74) is 5.95. The minimum atomic E-state index is -0.981. The van der Waals surface area contributed by atoms with Crippen molar-refractivity contribution in [2.75, 3.05) is 26.4 Å². The lowest BCUT2D eigenvalue weighted by atomic mass is 9.89. The lowest BCUT2D eigenvalue weighted by Crippen LogP contribution is -2.36. The number of nitrogens with zero attached hydrogens (tertiary/aromatic N) is 1. The number of hydrogen-bond donors (Lipinski definition) is 1. The van der Waals surface area contributed by atoms with E-state index < -0.39 is 5.54 Å². The molecule has 1 rings (SSSR count). The zero-order chi connectivity index (χ0) is 14.0. The molecular weight excluding hydrogens is 240 g/mol. The summed E-state index contributed by atoms with van der Waals surface area (Å²) in [4.78, 5) is 0. The molecule has 104 valence electrons. The van der Waals surface area contributed by atoms with Crippen LogP contribution < -0.4 is 5.73 Å². The summed E-state index contributed by atoms with van der Waals surface area (Å²) in [6.07, 6.45) is 1.48. The van der Waals surface area contributed by atoms with Gasteiger partial charge in [0.1, 0.15) is 5.54 Å². The molecule has 0 radical (unpaired) electrons. The highest BCUT2D eigenvalue weighted by Crippen LogP contribution is 2.20. The fraction of sp³-hybridized carbons (Fsp3) is 0.533. The molecule has 4 nitrogen and oxygen atoms in total. The Labute approximate surface area is 115 Å². The number of hydrogen-bond acceptors (Lipinski definition) is 4. The lowest BCUT2D eigenvalue weighted by Gasteiger charge is -2.21. The first kappa shape index (κ1) is 15.6. The van der Waals surface area contributed by atoms with Gasteiger partial charge >= 0.3 is 0 Å². The van der Waals surface area contributed by atoms with E-state index in [0.29, 0.717) is 26.2 Å². The molecule has 0 saturated heterocycles. The van der Waals surface area contributed by atoms with Crippen molar-refractivity contribution in [3.63, 3.8) is 0 Å². The normalized spacial score (nSPS) is 13.7. The van der Waals surface area contributed by atoms with Crippen LogP contribution in [0.5, 0.6) is 0 Å². The number of rotatable bonds is 9. The van der Waals surface area contributed by atoms with Gasteiger partial charge in [-0.2, -0.15) is 5.26 Å². The molecular formula is C15H22N2O2. The molecule has 0 heterocycles. The summed E-state index contributed by atoms with van der Waals surface area (Å²) in [7, 11) is 0. The van der Waals surface area contributed by atoms with Gasteiger partial charge in [0.15, 0.2) is 0 Å². The monoisotopic (exact) mass is 262 g/mol. The zero-order valence-electron chi connectivity index (χ0n) is 11.5. The third-order valence-electron chi connectivity index (χ3n) is 2.85. The maximum Gasteiger partial charge on any atom is 0.132 e. The van der Waals surface area contributed by atoms with Crippen LogP contribution in [0.25, 0.3) is 0 Å². The maximum atomic E-state index is 9.26. The van der Waals surface area contributed by atoms with E-state index in [1.54, 1.807) is 0 Å². The second kappa shape index (κ2) is 8.65. The maximum absolute atomic E-state index is 9.26. The minimum absolute atomic E-state index is 0.453. The summed E-state index contributed by atoms with van der Waals surface area (Å²) >= 11 is 0. The van der Waals surface area contributed by atoms with E-state index >= 15 is 0 Å². The molecule has 0 fully saturated rings. The fourth-order valence-electron chi connectivity index (χ4n) is 1.70. The number of nitriles is 1. The zero-order valence-corrected chi connectivity index (χ0v) is 11.5. The minimum Gasteiger partial charge on any atom is -0.379 e. The van der Waals surface area contributed by atoms with Gasteiger partial charge in [-0.1, -0.05) is 37.3 Å². The van der Waals surface area contributed by atoms with E-state index in [2.05, 4.69) is 13.0 Å². The van der Waals surface area contributed by atoms with Gasteiger partial charge in [-0.05, 0) is 12.0 Å². The van der Waals surface area contributed by atoms with Gasteiger partial charge in [-0.15, -0.1) is 0 Å². The molecule has 4 heteroatoms. The molecule has 1 aromatic rings. The summed E-state index contributed by atoms with van der Waals surface area (Å²) in [6.45, 7) is 4.40. The van der Waals surface area contributed by atoms with Crippen molar-refractivity contribution in [1.29, 1.82) is 5.26 Å². The Morgan fingerprint density at radius 2 is 1.74 bits per heavy atom. The third kappa shape index (κ3) is 5.39. The SMILES string of the molecule is CCCOCCOCCC(N)(C#N)c1ccccc1. The van der Waals surface area contributed by atoms with Gasteiger partial charge in [0.2, 0.25) is 0 Å². The Hall–Kier alpha value is -1.41.